The molecule has 142 valence electrons. The normalized spacial score (nSPS) is 15.8. The SMILES string of the molecule is CC(Oc1ccccc1)C(=O)NC(Cc1ccccc1)C(=O)N1CCCC1. The molecule has 1 aliphatic rings. The van der Waals surface area contributed by atoms with Gasteiger partial charge in [-0.15, -0.1) is 0 Å². The highest BCUT2D eigenvalue weighted by molar-refractivity contribution is 5.89. The Morgan fingerprint density at radius 2 is 1.59 bits per heavy atom. The Morgan fingerprint density at radius 1 is 1.00 bits per heavy atom. The molecule has 2 atom stereocenters. The van der Waals surface area contributed by atoms with Crippen molar-refractivity contribution in [1.82, 2.24) is 10.2 Å². The lowest BCUT2D eigenvalue weighted by atomic mass is 10.0. The van der Waals surface area contributed by atoms with Crippen LogP contribution in [0.2, 0.25) is 0 Å². The Kier molecular flexibility index (Phi) is 6.47. The van der Waals surface area contributed by atoms with E-state index in [4.69, 9.17) is 4.74 Å². The summed E-state index contributed by atoms with van der Waals surface area (Å²) in [5.41, 5.74) is 1.02. The van der Waals surface area contributed by atoms with E-state index in [2.05, 4.69) is 5.32 Å². The fraction of sp³-hybridized carbons (Fsp3) is 0.364. The van der Waals surface area contributed by atoms with Gasteiger partial charge in [-0.05, 0) is 37.5 Å². The Labute approximate surface area is 160 Å². The van der Waals surface area contributed by atoms with Crippen LogP contribution in [0.5, 0.6) is 5.75 Å². The van der Waals surface area contributed by atoms with Crippen molar-refractivity contribution in [2.45, 2.75) is 38.3 Å². The van der Waals surface area contributed by atoms with Gasteiger partial charge in [0, 0.05) is 19.5 Å². The van der Waals surface area contributed by atoms with Gasteiger partial charge in [-0.1, -0.05) is 48.5 Å². The number of para-hydroxylation sites is 1. The van der Waals surface area contributed by atoms with Crippen molar-refractivity contribution in [3.63, 3.8) is 0 Å². The van der Waals surface area contributed by atoms with Crippen molar-refractivity contribution in [1.29, 1.82) is 0 Å². The molecule has 0 spiro atoms. The van der Waals surface area contributed by atoms with E-state index >= 15 is 0 Å². The van der Waals surface area contributed by atoms with E-state index in [9.17, 15) is 9.59 Å². The van der Waals surface area contributed by atoms with Crippen LogP contribution in [0.1, 0.15) is 25.3 Å². The highest BCUT2D eigenvalue weighted by Crippen LogP contribution is 2.14. The molecule has 2 unspecified atom stereocenters. The molecule has 2 aromatic carbocycles. The number of hydrogen-bond acceptors (Lipinski definition) is 3. The maximum atomic E-state index is 12.9. The first-order valence-corrected chi connectivity index (χ1v) is 9.48. The largest absolute Gasteiger partial charge is 0.481 e. The molecule has 0 radical (unpaired) electrons. The molecule has 1 saturated heterocycles. The van der Waals surface area contributed by atoms with Crippen molar-refractivity contribution < 1.29 is 14.3 Å². The smallest absolute Gasteiger partial charge is 0.261 e. The number of nitrogens with one attached hydrogen (secondary N) is 1. The van der Waals surface area contributed by atoms with Crippen LogP contribution in [-0.2, 0) is 16.0 Å². The number of benzene rings is 2. The standard InChI is InChI=1S/C22H26N2O3/c1-17(27-19-12-6-3-7-13-19)21(25)23-20(16-18-10-4-2-5-11-18)22(26)24-14-8-9-15-24/h2-7,10-13,17,20H,8-9,14-16H2,1H3,(H,23,25). The van der Waals surface area contributed by atoms with Crippen molar-refractivity contribution in [2.75, 3.05) is 13.1 Å². The van der Waals surface area contributed by atoms with E-state index in [-0.39, 0.29) is 11.8 Å². The molecular weight excluding hydrogens is 340 g/mol. The molecule has 1 aliphatic heterocycles. The lowest BCUT2D eigenvalue weighted by Gasteiger charge is -2.25. The summed E-state index contributed by atoms with van der Waals surface area (Å²) in [7, 11) is 0. The molecule has 3 rings (SSSR count). The van der Waals surface area contributed by atoms with Gasteiger partial charge in [0.2, 0.25) is 5.91 Å². The summed E-state index contributed by atoms with van der Waals surface area (Å²) in [5.74, 6) is 0.328. The molecule has 1 fully saturated rings. The average Bonchev–Trinajstić information content (AvgIpc) is 3.23. The van der Waals surface area contributed by atoms with Gasteiger partial charge in [-0.3, -0.25) is 9.59 Å². The topological polar surface area (TPSA) is 58.6 Å². The summed E-state index contributed by atoms with van der Waals surface area (Å²) >= 11 is 0. The fourth-order valence-corrected chi connectivity index (χ4v) is 3.25. The molecule has 1 N–H and O–H groups in total. The monoisotopic (exact) mass is 366 g/mol. The summed E-state index contributed by atoms with van der Waals surface area (Å²) in [4.78, 5) is 27.4. The molecule has 0 aliphatic carbocycles. The summed E-state index contributed by atoms with van der Waals surface area (Å²) < 4.78 is 5.70. The first-order chi connectivity index (χ1) is 13.1. The summed E-state index contributed by atoms with van der Waals surface area (Å²) in [6.07, 6.45) is 1.83. The van der Waals surface area contributed by atoms with Crippen LogP contribution in [0.4, 0.5) is 0 Å². The van der Waals surface area contributed by atoms with Crippen LogP contribution < -0.4 is 10.1 Å². The van der Waals surface area contributed by atoms with Crippen molar-refractivity contribution in [3.8, 4) is 5.75 Å². The molecular formula is C22H26N2O3. The Bertz CT molecular complexity index is 743. The van der Waals surface area contributed by atoms with Crippen molar-refractivity contribution in [3.05, 3.63) is 66.2 Å². The van der Waals surface area contributed by atoms with Crippen LogP contribution in [-0.4, -0.2) is 41.9 Å². The Morgan fingerprint density at radius 3 is 2.22 bits per heavy atom. The van der Waals surface area contributed by atoms with Gasteiger partial charge in [-0.25, -0.2) is 0 Å². The molecule has 0 saturated carbocycles. The summed E-state index contributed by atoms with van der Waals surface area (Å²) in [6, 6.07) is 18.4. The van der Waals surface area contributed by atoms with E-state index in [1.54, 1.807) is 19.1 Å². The minimum absolute atomic E-state index is 0.0170. The number of hydrogen-bond donors (Lipinski definition) is 1. The van der Waals surface area contributed by atoms with Crippen LogP contribution >= 0.6 is 0 Å². The number of ether oxygens (including phenoxy) is 1. The van der Waals surface area contributed by atoms with Gasteiger partial charge in [0.25, 0.3) is 5.91 Å². The van der Waals surface area contributed by atoms with E-state index in [1.165, 1.54) is 0 Å². The third kappa shape index (κ3) is 5.33. The van der Waals surface area contributed by atoms with Gasteiger partial charge < -0.3 is 15.0 Å². The highest BCUT2D eigenvalue weighted by atomic mass is 16.5. The summed E-state index contributed by atoms with van der Waals surface area (Å²) in [5, 5.41) is 2.91. The van der Waals surface area contributed by atoms with Gasteiger partial charge in [0.05, 0.1) is 0 Å². The van der Waals surface area contributed by atoms with Gasteiger partial charge in [-0.2, -0.15) is 0 Å². The Hall–Kier alpha value is -2.82. The number of nitrogens with zero attached hydrogens (tertiary/aromatic N) is 1. The average molecular weight is 366 g/mol. The maximum Gasteiger partial charge on any atom is 0.261 e. The third-order valence-corrected chi connectivity index (χ3v) is 4.74. The van der Waals surface area contributed by atoms with E-state index < -0.39 is 12.1 Å². The zero-order valence-corrected chi connectivity index (χ0v) is 15.6. The summed E-state index contributed by atoms with van der Waals surface area (Å²) in [6.45, 7) is 3.22. The zero-order chi connectivity index (χ0) is 19.1. The van der Waals surface area contributed by atoms with Gasteiger partial charge >= 0.3 is 0 Å². The second-order valence-corrected chi connectivity index (χ2v) is 6.86. The molecule has 2 amide bonds. The van der Waals surface area contributed by atoms with Crippen molar-refractivity contribution in [2.24, 2.45) is 0 Å². The molecule has 2 aromatic rings. The van der Waals surface area contributed by atoms with E-state index in [0.717, 1.165) is 31.5 Å². The number of likely N-dealkylation sites (tertiary alicyclic amines) is 1. The zero-order valence-electron chi connectivity index (χ0n) is 15.6. The minimum Gasteiger partial charge on any atom is -0.481 e. The highest BCUT2D eigenvalue weighted by Gasteiger charge is 2.29. The lowest BCUT2D eigenvalue weighted by Crippen LogP contribution is -2.51. The number of rotatable bonds is 7. The van der Waals surface area contributed by atoms with E-state index in [1.807, 2.05) is 53.4 Å². The molecule has 27 heavy (non-hydrogen) atoms. The quantitative estimate of drug-likeness (QED) is 0.820. The molecule has 1 heterocycles. The molecule has 0 aromatic heterocycles. The third-order valence-electron chi connectivity index (χ3n) is 4.74. The van der Waals surface area contributed by atoms with Gasteiger partial charge in [0.15, 0.2) is 6.10 Å². The first-order valence-electron chi connectivity index (χ1n) is 9.48. The number of amides is 2. The second-order valence-electron chi connectivity index (χ2n) is 6.86. The van der Waals surface area contributed by atoms with Crippen LogP contribution in [0.3, 0.4) is 0 Å². The lowest BCUT2D eigenvalue weighted by molar-refractivity contribution is -0.137. The minimum atomic E-state index is -0.683. The van der Waals surface area contributed by atoms with E-state index in [0.29, 0.717) is 12.2 Å². The predicted octanol–water partition coefficient (Wildman–Crippen LogP) is 2.80. The Balaban J connectivity index is 1.67. The number of carbonyl (C=O) groups is 2. The molecule has 0 bridgehead atoms. The fourth-order valence-electron chi connectivity index (χ4n) is 3.25. The van der Waals surface area contributed by atoms with Crippen molar-refractivity contribution >= 4 is 11.8 Å². The number of carbonyl (C=O) groups excluding carboxylic acids is 2. The maximum absolute atomic E-state index is 12.9. The first kappa shape index (κ1) is 19.0. The van der Waals surface area contributed by atoms with Crippen LogP contribution in [0.25, 0.3) is 0 Å². The predicted molar refractivity (Wildman–Crippen MR) is 104 cm³/mol. The molecule has 5 heteroatoms. The second kappa shape index (κ2) is 9.21. The van der Waals surface area contributed by atoms with Crippen LogP contribution in [0, 0.1) is 0 Å². The van der Waals surface area contributed by atoms with Crippen LogP contribution in [0.15, 0.2) is 60.7 Å². The molecule has 5 nitrogen and oxygen atoms in total. The van der Waals surface area contributed by atoms with Gasteiger partial charge in [0.1, 0.15) is 11.8 Å².